The number of ether oxygens (including phenoxy) is 2. The lowest BCUT2D eigenvalue weighted by Gasteiger charge is -2.14. The number of carbonyl (C=O) groups is 4. The van der Waals surface area contributed by atoms with Crippen molar-refractivity contribution in [3.05, 3.63) is 95.6 Å². The Morgan fingerprint density at radius 1 is 0.683 bits per heavy atom. The first-order chi connectivity index (χ1) is 28.6. The number of carbonyl (C=O) groups excluding carboxylic acids is 4. The summed E-state index contributed by atoms with van der Waals surface area (Å²) < 4.78 is 13.8. The van der Waals surface area contributed by atoms with Crippen LogP contribution in [0.2, 0.25) is 30.4 Å². The third kappa shape index (κ3) is 9.43. The molecule has 0 fully saturated rings. The zero-order chi connectivity index (χ0) is 43.4. The minimum atomic E-state index is -0.889. The van der Waals surface area contributed by atoms with Crippen LogP contribution >= 0.6 is 69.6 Å². The first-order valence-corrected chi connectivity index (χ1v) is 20.3. The Morgan fingerprint density at radius 3 is 1.65 bits per heavy atom. The second-order valence-electron chi connectivity index (χ2n) is 13.1. The van der Waals surface area contributed by atoms with Crippen LogP contribution in [0.3, 0.4) is 0 Å². The molecule has 3 N–H and O–H groups in total. The number of aromatic amines is 1. The zero-order valence-electron chi connectivity index (χ0n) is 31.4. The SMILES string of the molecule is CCCCOC(=O)Cn1cc(-c2cc(O)c(C(=O)c3[nH]c(Cl)c(Cl)c3-n3c(C(=O)c4cc(Cl)c(-c5cn(CC(=O)OCCCC)nn5)cc4O)cc(Cl)c3Cl)cc2Cl)nn1. The highest BCUT2D eigenvalue weighted by atomic mass is 35.5. The lowest BCUT2D eigenvalue weighted by Crippen LogP contribution is -2.14. The number of nitrogens with one attached hydrogen (secondary N) is 1. The van der Waals surface area contributed by atoms with Gasteiger partial charge in [-0.3, -0.25) is 23.7 Å². The van der Waals surface area contributed by atoms with Gasteiger partial charge in [0.25, 0.3) is 0 Å². The molecule has 4 aromatic heterocycles. The van der Waals surface area contributed by atoms with Crippen LogP contribution in [-0.2, 0) is 32.2 Å². The maximum atomic E-state index is 14.2. The monoisotopic (exact) mass is 938 g/mol. The van der Waals surface area contributed by atoms with Gasteiger partial charge in [-0.25, -0.2) is 9.36 Å². The molecule has 0 spiro atoms. The largest absolute Gasteiger partial charge is 0.507 e. The van der Waals surface area contributed by atoms with Gasteiger partial charge in [0.1, 0.15) is 57.0 Å². The molecule has 0 atom stereocenters. The first kappa shape index (κ1) is 44.5. The lowest BCUT2D eigenvalue weighted by atomic mass is 10.0. The number of nitrogens with zero attached hydrogens (tertiary/aromatic N) is 7. The van der Waals surface area contributed by atoms with Gasteiger partial charge in [0.15, 0.2) is 0 Å². The summed E-state index contributed by atoms with van der Waals surface area (Å²) >= 11 is 39.3. The summed E-state index contributed by atoms with van der Waals surface area (Å²) in [6, 6.07) is 5.92. The number of phenolic OH excluding ortho intramolecular Hbond substituents is 2. The van der Waals surface area contributed by atoms with Gasteiger partial charge < -0.3 is 24.7 Å². The molecular weight excluding hydrogens is 909 g/mol. The highest BCUT2D eigenvalue weighted by Gasteiger charge is 2.32. The summed E-state index contributed by atoms with van der Waals surface area (Å²) in [6.07, 6.45) is 5.98. The molecular formula is C38H32Cl6N8O8. The Labute approximate surface area is 370 Å². The highest BCUT2D eigenvalue weighted by molar-refractivity contribution is 6.45. The van der Waals surface area contributed by atoms with Crippen molar-refractivity contribution in [2.75, 3.05) is 13.2 Å². The number of hydrogen-bond acceptors (Lipinski definition) is 12. The average molecular weight is 941 g/mol. The second kappa shape index (κ2) is 19.1. The van der Waals surface area contributed by atoms with Gasteiger partial charge in [0, 0.05) is 11.1 Å². The van der Waals surface area contributed by atoms with E-state index in [1.54, 1.807) is 0 Å². The van der Waals surface area contributed by atoms with Gasteiger partial charge in [-0.05, 0) is 43.2 Å². The quantitative estimate of drug-likeness (QED) is 0.0445. The number of hydrogen-bond donors (Lipinski definition) is 3. The van der Waals surface area contributed by atoms with E-state index < -0.39 is 35.0 Å². The van der Waals surface area contributed by atoms with Crippen molar-refractivity contribution in [3.8, 4) is 39.7 Å². The second-order valence-corrected chi connectivity index (χ2v) is 15.4. The topological polar surface area (TPSA) is 209 Å². The van der Waals surface area contributed by atoms with Crippen molar-refractivity contribution in [3.63, 3.8) is 0 Å². The summed E-state index contributed by atoms with van der Waals surface area (Å²) in [5.41, 5.74) is -0.735. The molecule has 314 valence electrons. The summed E-state index contributed by atoms with van der Waals surface area (Å²) in [4.78, 5) is 55.4. The molecule has 0 aliphatic rings. The Kier molecular flexibility index (Phi) is 14.1. The van der Waals surface area contributed by atoms with Gasteiger partial charge >= 0.3 is 11.9 Å². The number of H-pyrrole nitrogens is 1. The summed E-state index contributed by atoms with van der Waals surface area (Å²) in [5, 5.41) is 37.2. The number of unbranched alkanes of at least 4 members (excludes halogenated alkanes) is 2. The molecule has 22 heteroatoms. The Bertz CT molecular complexity index is 2460. The van der Waals surface area contributed by atoms with E-state index in [1.807, 2.05) is 13.8 Å². The van der Waals surface area contributed by atoms with Crippen LogP contribution in [-0.4, -0.2) is 86.5 Å². The molecule has 6 rings (SSSR count). The Balaban J connectivity index is 1.30. The Hall–Kier alpha value is -5.10. The van der Waals surface area contributed by atoms with Crippen molar-refractivity contribution < 1.29 is 38.9 Å². The number of phenols is 2. The molecule has 0 amide bonds. The number of ketones is 2. The van der Waals surface area contributed by atoms with Crippen molar-refractivity contribution in [1.82, 2.24) is 39.5 Å². The number of esters is 2. The smallest absolute Gasteiger partial charge is 0.327 e. The molecule has 16 nitrogen and oxygen atoms in total. The number of aromatic nitrogens is 8. The van der Waals surface area contributed by atoms with Gasteiger partial charge in [-0.2, -0.15) is 0 Å². The van der Waals surface area contributed by atoms with Gasteiger partial charge in [-0.15, -0.1) is 10.2 Å². The molecule has 0 unspecified atom stereocenters. The fraction of sp³-hybridized carbons (Fsp3) is 0.263. The van der Waals surface area contributed by atoms with Crippen LogP contribution in [0, 0.1) is 0 Å². The van der Waals surface area contributed by atoms with Crippen molar-refractivity contribution in [2.24, 2.45) is 0 Å². The van der Waals surface area contributed by atoms with E-state index in [2.05, 4.69) is 25.6 Å². The molecule has 2 aromatic carbocycles. The van der Waals surface area contributed by atoms with Crippen LogP contribution in [0.15, 0.2) is 42.7 Å². The zero-order valence-corrected chi connectivity index (χ0v) is 36.0. The van der Waals surface area contributed by atoms with Crippen molar-refractivity contribution in [1.29, 1.82) is 0 Å². The highest BCUT2D eigenvalue weighted by Crippen LogP contribution is 2.42. The van der Waals surface area contributed by atoms with E-state index in [1.165, 1.54) is 52.1 Å². The summed E-state index contributed by atoms with van der Waals surface area (Å²) in [6.45, 7) is 4.04. The molecule has 0 saturated carbocycles. The van der Waals surface area contributed by atoms with E-state index in [-0.39, 0.29) is 107 Å². The molecule has 4 heterocycles. The van der Waals surface area contributed by atoms with Crippen LogP contribution in [0.25, 0.3) is 28.2 Å². The maximum Gasteiger partial charge on any atom is 0.327 e. The first-order valence-electron chi connectivity index (χ1n) is 18.0. The molecule has 60 heavy (non-hydrogen) atoms. The van der Waals surface area contributed by atoms with Crippen LogP contribution in [0.5, 0.6) is 11.5 Å². The van der Waals surface area contributed by atoms with Crippen LogP contribution in [0.1, 0.15) is 71.6 Å². The predicted molar refractivity (Wildman–Crippen MR) is 223 cm³/mol. The maximum absolute atomic E-state index is 14.2. The van der Waals surface area contributed by atoms with Crippen LogP contribution in [0.4, 0.5) is 0 Å². The van der Waals surface area contributed by atoms with E-state index in [4.69, 9.17) is 79.1 Å². The van der Waals surface area contributed by atoms with Gasteiger partial charge in [0.2, 0.25) is 11.6 Å². The fourth-order valence-corrected chi connectivity index (χ4v) is 7.17. The molecule has 0 saturated heterocycles. The molecule has 0 aliphatic heterocycles. The van der Waals surface area contributed by atoms with Crippen molar-refractivity contribution in [2.45, 2.75) is 52.6 Å². The lowest BCUT2D eigenvalue weighted by molar-refractivity contribution is -0.145. The van der Waals surface area contributed by atoms with Gasteiger partial charge in [-0.1, -0.05) is 107 Å². The summed E-state index contributed by atoms with van der Waals surface area (Å²) in [7, 11) is 0. The van der Waals surface area contributed by atoms with Crippen LogP contribution < -0.4 is 0 Å². The predicted octanol–water partition coefficient (Wildman–Crippen LogP) is 8.80. The number of rotatable bonds is 17. The minimum absolute atomic E-state index is 0.0223. The average Bonchev–Trinajstić information content (AvgIpc) is 4.00. The summed E-state index contributed by atoms with van der Waals surface area (Å²) in [5.74, 6) is -3.86. The standard InChI is InChI=1S/C38H32Cl6N8O8/c1-3-5-7-59-30(55)16-50-14-25(46-48-50)18-11-28(53)20(9-22(18)39)35(57)27-13-24(41)38(44)52(27)34-32(42)37(43)45-33(34)36(58)21-10-23(40)19(12-29(21)54)26-15-51(49-47-26)17-31(56)60-8-6-4-2/h9-15,45,53-54H,3-8,16-17H2,1-2H3. The minimum Gasteiger partial charge on any atom is -0.507 e. The van der Waals surface area contributed by atoms with E-state index >= 15 is 0 Å². The number of halogens is 6. The molecule has 0 radical (unpaired) electrons. The van der Waals surface area contributed by atoms with E-state index in [9.17, 15) is 29.4 Å². The number of benzene rings is 2. The van der Waals surface area contributed by atoms with E-state index in [0.29, 0.717) is 12.8 Å². The third-order valence-electron chi connectivity index (χ3n) is 8.85. The Morgan fingerprint density at radius 2 is 1.17 bits per heavy atom. The molecule has 6 aromatic rings. The van der Waals surface area contributed by atoms with E-state index in [0.717, 1.165) is 17.4 Å². The third-order valence-corrected chi connectivity index (χ3v) is 11.0. The molecule has 0 bridgehead atoms. The normalized spacial score (nSPS) is 11.3. The number of aromatic hydroxyl groups is 2. The van der Waals surface area contributed by atoms with Crippen molar-refractivity contribution >= 4 is 93.1 Å². The molecule has 0 aliphatic carbocycles. The van der Waals surface area contributed by atoms with Gasteiger partial charge in [0.05, 0.1) is 63.2 Å². The fourth-order valence-electron chi connectivity index (χ4n) is 5.82.